The number of aromatic nitrogens is 4. The van der Waals surface area contributed by atoms with Crippen LogP contribution in [0.15, 0.2) is 18.5 Å². The van der Waals surface area contributed by atoms with Crippen LogP contribution in [0.5, 0.6) is 0 Å². The number of hydrogen-bond acceptors (Lipinski definition) is 6. The van der Waals surface area contributed by atoms with Gasteiger partial charge in [-0.25, -0.2) is 9.97 Å². The lowest BCUT2D eigenvalue weighted by Crippen LogP contribution is -2.40. The number of aryl methyl sites for hydroxylation is 1. The van der Waals surface area contributed by atoms with E-state index in [0.717, 1.165) is 18.5 Å². The summed E-state index contributed by atoms with van der Waals surface area (Å²) in [4.78, 5) is 36.3. The van der Waals surface area contributed by atoms with Gasteiger partial charge in [-0.2, -0.15) is 5.10 Å². The Morgan fingerprint density at radius 1 is 1.37 bits per heavy atom. The summed E-state index contributed by atoms with van der Waals surface area (Å²) in [6.45, 7) is 2.83. The lowest BCUT2D eigenvalue weighted by molar-refractivity contribution is -0.137. The van der Waals surface area contributed by atoms with Crippen molar-refractivity contribution in [3.05, 3.63) is 35.4 Å². The van der Waals surface area contributed by atoms with Gasteiger partial charge in [-0.05, 0) is 25.8 Å². The predicted molar refractivity (Wildman–Crippen MR) is 98.8 cm³/mol. The molecule has 1 aliphatic rings. The standard InChI is InChI=1S/C18H24N6O3/c1-12-14(9-19-18(21-12)22(2)3)17(27)23-8-4-5-13(10-23)15-6-7-20-24(15)11-16(25)26/h6-7,9,13H,4-5,8,10-11H2,1-3H3,(H,25,26). The zero-order valence-corrected chi connectivity index (χ0v) is 15.8. The molecule has 1 unspecified atom stereocenters. The van der Waals surface area contributed by atoms with E-state index in [1.807, 2.05) is 27.1 Å². The summed E-state index contributed by atoms with van der Waals surface area (Å²) >= 11 is 0. The quantitative estimate of drug-likeness (QED) is 0.839. The van der Waals surface area contributed by atoms with E-state index >= 15 is 0 Å². The van der Waals surface area contributed by atoms with Crippen LogP contribution in [0.2, 0.25) is 0 Å². The van der Waals surface area contributed by atoms with Gasteiger partial charge in [-0.1, -0.05) is 0 Å². The van der Waals surface area contributed by atoms with Crippen molar-refractivity contribution in [2.24, 2.45) is 0 Å². The molecular formula is C18H24N6O3. The van der Waals surface area contributed by atoms with Crippen molar-refractivity contribution in [1.82, 2.24) is 24.6 Å². The summed E-state index contributed by atoms with van der Waals surface area (Å²) in [7, 11) is 3.71. The van der Waals surface area contributed by atoms with Crippen molar-refractivity contribution in [2.45, 2.75) is 32.2 Å². The van der Waals surface area contributed by atoms with Gasteiger partial charge < -0.3 is 14.9 Å². The lowest BCUT2D eigenvalue weighted by Gasteiger charge is -2.33. The van der Waals surface area contributed by atoms with Crippen molar-refractivity contribution >= 4 is 17.8 Å². The van der Waals surface area contributed by atoms with Crippen molar-refractivity contribution in [1.29, 1.82) is 0 Å². The Kier molecular flexibility index (Phi) is 5.38. The molecular weight excluding hydrogens is 348 g/mol. The van der Waals surface area contributed by atoms with Crippen molar-refractivity contribution in [2.75, 3.05) is 32.1 Å². The highest BCUT2D eigenvalue weighted by Crippen LogP contribution is 2.28. The molecule has 1 atom stereocenters. The molecule has 0 aromatic carbocycles. The van der Waals surface area contributed by atoms with Crippen molar-refractivity contribution < 1.29 is 14.7 Å². The molecule has 1 fully saturated rings. The molecule has 1 saturated heterocycles. The third-order valence-electron chi connectivity index (χ3n) is 4.76. The third kappa shape index (κ3) is 4.07. The number of rotatable bonds is 5. The SMILES string of the molecule is Cc1nc(N(C)C)ncc1C(=O)N1CCCC(c2ccnn2CC(=O)O)C1. The van der Waals surface area contributed by atoms with Crippen LogP contribution in [-0.4, -0.2) is 68.8 Å². The molecule has 2 aromatic heterocycles. The number of hydrogen-bond donors (Lipinski definition) is 1. The van der Waals surface area contributed by atoms with E-state index in [9.17, 15) is 9.59 Å². The number of aliphatic carboxylic acids is 1. The summed E-state index contributed by atoms with van der Waals surface area (Å²) in [6, 6.07) is 1.84. The first kappa shape index (κ1) is 18.8. The molecule has 1 aliphatic heterocycles. The van der Waals surface area contributed by atoms with Gasteiger partial charge >= 0.3 is 5.97 Å². The average molecular weight is 372 g/mol. The molecule has 1 N–H and O–H groups in total. The number of carbonyl (C=O) groups excluding carboxylic acids is 1. The molecule has 9 heteroatoms. The number of carbonyl (C=O) groups is 2. The Balaban J connectivity index is 1.77. The normalized spacial score (nSPS) is 17.0. The van der Waals surface area contributed by atoms with E-state index in [-0.39, 0.29) is 18.4 Å². The van der Waals surface area contributed by atoms with Crippen LogP contribution in [0.3, 0.4) is 0 Å². The van der Waals surface area contributed by atoms with Gasteiger partial charge in [-0.15, -0.1) is 0 Å². The highest BCUT2D eigenvalue weighted by atomic mass is 16.4. The van der Waals surface area contributed by atoms with Crippen molar-refractivity contribution in [3.63, 3.8) is 0 Å². The molecule has 0 radical (unpaired) electrons. The zero-order chi connectivity index (χ0) is 19.6. The summed E-state index contributed by atoms with van der Waals surface area (Å²) in [5, 5.41) is 13.2. The number of anilines is 1. The second-order valence-corrected chi connectivity index (χ2v) is 6.96. The maximum Gasteiger partial charge on any atom is 0.325 e. The smallest absolute Gasteiger partial charge is 0.325 e. The van der Waals surface area contributed by atoms with Gasteiger partial charge in [0, 0.05) is 51.2 Å². The minimum atomic E-state index is -0.933. The lowest BCUT2D eigenvalue weighted by atomic mass is 9.94. The third-order valence-corrected chi connectivity index (χ3v) is 4.76. The summed E-state index contributed by atoms with van der Waals surface area (Å²) < 4.78 is 1.50. The highest BCUT2D eigenvalue weighted by Gasteiger charge is 2.29. The van der Waals surface area contributed by atoms with E-state index < -0.39 is 5.97 Å². The topological polar surface area (TPSA) is 104 Å². The zero-order valence-electron chi connectivity index (χ0n) is 15.8. The Labute approximate surface area is 157 Å². The Morgan fingerprint density at radius 2 is 2.15 bits per heavy atom. The average Bonchev–Trinajstić information content (AvgIpc) is 3.08. The molecule has 2 aromatic rings. The van der Waals surface area contributed by atoms with Crippen LogP contribution >= 0.6 is 0 Å². The highest BCUT2D eigenvalue weighted by molar-refractivity contribution is 5.95. The fourth-order valence-corrected chi connectivity index (χ4v) is 3.40. The first-order valence-corrected chi connectivity index (χ1v) is 8.90. The number of piperidine rings is 1. The number of likely N-dealkylation sites (tertiary alicyclic amines) is 1. The van der Waals surface area contributed by atoms with Crippen LogP contribution in [-0.2, 0) is 11.3 Å². The molecule has 1 amide bonds. The van der Waals surface area contributed by atoms with Crippen LogP contribution in [0.1, 0.15) is 40.5 Å². The van der Waals surface area contributed by atoms with Gasteiger partial charge in [-0.3, -0.25) is 14.3 Å². The fraction of sp³-hybridized carbons (Fsp3) is 0.500. The van der Waals surface area contributed by atoms with E-state index in [4.69, 9.17) is 5.11 Å². The Bertz CT molecular complexity index is 847. The summed E-state index contributed by atoms with van der Waals surface area (Å²) in [6.07, 6.45) is 4.93. The maximum absolute atomic E-state index is 13.0. The minimum absolute atomic E-state index is 0.0619. The second kappa shape index (κ2) is 7.73. The Morgan fingerprint density at radius 3 is 2.81 bits per heavy atom. The first-order valence-electron chi connectivity index (χ1n) is 8.90. The molecule has 144 valence electrons. The molecule has 27 heavy (non-hydrogen) atoms. The van der Waals surface area contributed by atoms with Gasteiger partial charge in [0.15, 0.2) is 0 Å². The number of carboxylic acid groups (broad SMARTS) is 1. The van der Waals surface area contributed by atoms with Crippen LogP contribution in [0.4, 0.5) is 5.95 Å². The Hall–Kier alpha value is -2.97. The van der Waals surface area contributed by atoms with Gasteiger partial charge in [0.25, 0.3) is 5.91 Å². The van der Waals surface area contributed by atoms with E-state index in [1.54, 1.807) is 22.2 Å². The van der Waals surface area contributed by atoms with Gasteiger partial charge in [0.05, 0.1) is 11.3 Å². The maximum atomic E-state index is 13.0. The summed E-state index contributed by atoms with van der Waals surface area (Å²) in [5.41, 5.74) is 2.00. The fourth-order valence-electron chi connectivity index (χ4n) is 3.40. The molecule has 0 saturated carbocycles. The minimum Gasteiger partial charge on any atom is -0.480 e. The first-order chi connectivity index (χ1) is 12.9. The largest absolute Gasteiger partial charge is 0.480 e. The summed E-state index contributed by atoms with van der Waals surface area (Å²) in [5.74, 6) is -0.394. The molecule has 0 spiro atoms. The van der Waals surface area contributed by atoms with E-state index in [2.05, 4.69) is 15.1 Å². The number of nitrogens with zero attached hydrogens (tertiary/aromatic N) is 6. The molecule has 3 heterocycles. The predicted octanol–water partition coefficient (Wildman–Crippen LogP) is 1.15. The van der Waals surface area contributed by atoms with Crippen LogP contribution in [0.25, 0.3) is 0 Å². The van der Waals surface area contributed by atoms with Crippen LogP contribution in [0, 0.1) is 6.92 Å². The molecule has 0 aliphatic carbocycles. The molecule has 0 bridgehead atoms. The monoisotopic (exact) mass is 372 g/mol. The molecule has 9 nitrogen and oxygen atoms in total. The second-order valence-electron chi connectivity index (χ2n) is 6.96. The van der Waals surface area contributed by atoms with Gasteiger partial charge in [0.1, 0.15) is 6.54 Å². The van der Waals surface area contributed by atoms with Crippen molar-refractivity contribution in [3.8, 4) is 0 Å². The van der Waals surface area contributed by atoms with E-state index in [1.165, 1.54) is 4.68 Å². The van der Waals surface area contributed by atoms with Gasteiger partial charge in [0.2, 0.25) is 5.95 Å². The van der Waals surface area contributed by atoms with E-state index in [0.29, 0.717) is 30.3 Å². The number of carboxylic acids is 1. The van der Waals surface area contributed by atoms with Crippen LogP contribution < -0.4 is 4.90 Å². The number of amides is 1. The molecule has 3 rings (SSSR count).